The van der Waals surface area contributed by atoms with E-state index in [0.29, 0.717) is 6.10 Å². The predicted octanol–water partition coefficient (Wildman–Crippen LogP) is 3.29. The lowest BCUT2D eigenvalue weighted by Crippen LogP contribution is -2.23. The van der Waals surface area contributed by atoms with Crippen LogP contribution < -0.4 is 4.74 Å². The molecule has 0 unspecified atom stereocenters. The van der Waals surface area contributed by atoms with Gasteiger partial charge in [0.25, 0.3) is 0 Å². The number of ether oxygens (including phenoxy) is 1. The first-order chi connectivity index (χ1) is 8.38. The molecule has 1 fully saturated rings. The molecule has 1 N–H and O–H groups in total. The molecule has 98 valence electrons. The summed E-state index contributed by atoms with van der Waals surface area (Å²) < 4.78 is 5.89. The highest BCUT2D eigenvalue weighted by Crippen LogP contribution is 2.38. The monoisotopic (exact) mass is 248 g/mol. The maximum atomic E-state index is 11.0. The van der Waals surface area contributed by atoms with Crippen LogP contribution in [0.15, 0.2) is 18.2 Å². The summed E-state index contributed by atoms with van der Waals surface area (Å²) in [4.78, 5) is 11.0. The highest BCUT2D eigenvalue weighted by Gasteiger charge is 2.30. The van der Waals surface area contributed by atoms with Gasteiger partial charge >= 0.3 is 5.97 Å². The topological polar surface area (TPSA) is 46.5 Å². The van der Waals surface area contributed by atoms with Crippen LogP contribution in [0, 0.1) is 6.92 Å². The van der Waals surface area contributed by atoms with Crippen molar-refractivity contribution in [3.05, 3.63) is 29.3 Å². The lowest BCUT2D eigenvalue weighted by atomic mass is 9.80. The highest BCUT2D eigenvalue weighted by molar-refractivity contribution is 5.69. The van der Waals surface area contributed by atoms with Gasteiger partial charge in [0.15, 0.2) is 0 Å². The molecule has 1 aromatic carbocycles. The molecule has 0 atom stereocenters. The minimum Gasteiger partial charge on any atom is -0.490 e. The molecule has 0 radical (unpaired) electrons. The van der Waals surface area contributed by atoms with Crippen molar-refractivity contribution in [3.8, 4) is 5.75 Å². The largest absolute Gasteiger partial charge is 0.490 e. The Morgan fingerprint density at radius 1 is 1.44 bits per heavy atom. The number of benzene rings is 1. The summed E-state index contributed by atoms with van der Waals surface area (Å²) in [6, 6.07) is 6.02. The van der Waals surface area contributed by atoms with Gasteiger partial charge in [0, 0.05) is 11.0 Å². The Balaban J connectivity index is 2.33. The standard InChI is InChI=1S/C15H20O3/c1-10-4-7-13(18-11-5-6-11)12(8-10)15(2,3)9-14(16)17/h4,7-8,11H,5-6,9H2,1-3H3,(H,16,17). The van der Waals surface area contributed by atoms with Gasteiger partial charge in [-0.15, -0.1) is 0 Å². The van der Waals surface area contributed by atoms with Crippen molar-refractivity contribution in [2.75, 3.05) is 0 Å². The normalized spacial score (nSPS) is 15.5. The van der Waals surface area contributed by atoms with E-state index in [1.54, 1.807) is 0 Å². The number of rotatable bonds is 5. The van der Waals surface area contributed by atoms with E-state index in [9.17, 15) is 4.79 Å². The Labute approximate surface area is 108 Å². The van der Waals surface area contributed by atoms with Gasteiger partial charge < -0.3 is 9.84 Å². The second-order valence-corrected chi connectivity index (χ2v) is 5.77. The lowest BCUT2D eigenvalue weighted by molar-refractivity contribution is -0.138. The van der Waals surface area contributed by atoms with Crippen LogP contribution in [0.1, 0.15) is 44.2 Å². The van der Waals surface area contributed by atoms with Gasteiger partial charge in [0.1, 0.15) is 5.75 Å². The molecular weight excluding hydrogens is 228 g/mol. The fraction of sp³-hybridized carbons (Fsp3) is 0.533. The van der Waals surface area contributed by atoms with Crippen LogP contribution >= 0.6 is 0 Å². The highest BCUT2D eigenvalue weighted by atomic mass is 16.5. The number of hydrogen-bond acceptors (Lipinski definition) is 2. The Morgan fingerprint density at radius 3 is 2.67 bits per heavy atom. The van der Waals surface area contributed by atoms with Crippen molar-refractivity contribution in [3.63, 3.8) is 0 Å². The molecule has 0 heterocycles. The maximum absolute atomic E-state index is 11.0. The van der Waals surface area contributed by atoms with Crippen LogP contribution in [-0.4, -0.2) is 17.2 Å². The molecule has 0 spiro atoms. The molecule has 1 saturated carbocycles. The third-order valence-electron chi connectivity index (χ3n) is 3.28. The minimum atomic E-state index is -0.779. The number of hydrogen-bond donors (Lipinski definition) is 1. The van der Waals surface area contributed by atoms with Crippen molar-refractivity contribution in [2.24, 2.45) is 0 Å². The number of carbonyl (C=O) groups is 1. The van der Waals surface area contributed by atoms with E-state index in [4.69, 9.17) is 9.84 Å². The SMILES string of the molecule is Cc1ccc(OC2CC2)c(C(C)(C)CC(=O)O)c1. The van der Waals surface area contributed by atoms with E-state index in [2.05, 4.69) is 0 Å². The Bertz CT molecular complexity index is 459. The zero-order chi connectivity index (χ0) is 13.3. The minimum absolute atomic E-state index is 0.109. The van der Waals surface area contributed by atoms with Gasteiger partial charge in [-0.3, -0.25) is 4.79 Å². The molecule has 3 heteroatoms. The third kappa shape index (κ3) is 3.03. The first-order valence-electron chi connectivity index (χ1n) is 6.38. The second kappa shape index (κ2) is 4.63. The number of carboxylic acids is 1. The predicted molar refractivity (Wildman–Crippen MR) is 70.1 cm³/mol. The third-order valence-corrected chi connectivity index (χ3v) is 3.28. The van der Waals surface area contributed by atoms with Crippen molar-refractivity contribution in [1.82, 2.24) is 0 Å². The van der Waals surface area contributed by atoms with Gasteiger partial charge in [0.05, 0.1) is 12.5 Å². The average molecular weight is 248 g/mol. The van der Waals surface area contributed by atoms with Crippen LogP contribution in [0.4, 0.5) is 0 Å². The van der Waals surface area contributed by atoms with E-state index >= 15 is 0 Å². The molecular formula is C15H20O3. The zero-order valence-electron chi connectivity index (χ0n) is 11.2. The summed E-state index contributed by atoms with van der Waals surface area (Å²) in [6.45, 7) is 5.92. The maximum Gasteiger partial charge on any atom is 0.304 e. The van der Waals surface area contributed by atoms with Gasteiger partial charge in [-0.25, -0.2) is 0 Å². The van der Waals surface area contributed by atoms with E-state index in [1.165, 1.54) is 0 Å². The first-order valence-corrected chi connectivity index (χ1v) is 6.38. The molecule has 1 aliphatic rings. The van der Waals surface area contributed by atoms with Crippen LogP contribution in [0.25, 0.3) is 0 Å². The summed E-state index contributed by atoms with van der Waals surface area (Å²) in [6.07, 6.45) is 2.64. The first kappa shape index (κ1) is 12.9. The molecule has 1 aromatic rings. The van der Waals surface area contributed by atoms with Crippen molar-refractivity contribution in [1.29, 1.82) is 0 Å². The van der Waals surface area contributed by atoms with Crippen LogP contribution in [0.3, 0.4) is 0 Å². The molecule has 0 amide bonds. The fourth-order valence-corrected chi connectivity index (χ4v) is 2.11. The summed E-state index contributed by atoms with van der Waals surface area (Å²) in [5.41, 5.74) is 1.71. The summed E-state index contributed by atoms with van der Waals surface area (Å²) in [5.74, 6) is 0.0632. The number of aliphatic carboxylic acids is 1. The smallest absolute Gasteiger partial charge is 0.304 e. The van der Waals surface area contributed by atoms with Crippen molar-refractivity contribution in [2.45, 2.75) is 51.6 Å². The number of carboxylic acid groups (broad SMARTS) is 1. The molecule has 3 nitrogen and oxygen atoms in total. The van der Waals surface area contributed by atoms with Crippen molar-refractivity contribution >= 4 is 5.97 Å². The Hall–Kier alpha value is -1.51. The van der Waals surface area contributed by atoms with Crippen molar-refractivity contribution < 1.29 is 14.6 Å². The van der Waals surface area contributed by atoms with Crippen LogP contribution in [0.5, 0.6) is 5.75 Å². The second-order valence-electron chi connectivity index (χ2n) is 5.77. The van der Waals surface area contributed by atoms with Gasteiger partial charge in [-0.1, -0.05) is 31.5 Å². The van der Waals surface area contributed by atoms with E-state index in [-0.39, 0.29) is 6.42 Å². The molecule has 0 aromatic heterocycles. The molecule has 1 aliphatic carbocycles. The summed E-state index contributed by atoms with van der Waals surface area (Å²) in [5, 5.41) is 9.02. The zero-order valence-corrected chi connectivity index (χ0v) is 11.2. The van der Waals surface area contributed by atoms with Gasteiger partial charge in [-0.2, -0.15) is 0 Å². The molecule has 0 aliphatic heterocycles. The average Bonchev–Trinajstić information content (AvgIpc) is 3.02. The fourth-order valence-electron chi connectivity index (χ4n) is 2.11. The molecule has 18 heavy (non-hydrogen) atoms. The molecule has 0 saturated heterocycles. The summed E-state index contributed by atoms with van der Waals surface area (Å²) in [7, 11) is 0. The Kier molecular flexibility index (Phi) is 3.33. The molecule has 0 bridgehead atoms. The Morgan fingerprint density at radius 2 is 2.11 bits per heavy atom. The van der Waals surface area contributed by atoms with E-state index < -0.39 is 11.4 Å². The quantitative estimate of drug-likeness (QED) is 0.869. The van der Waals surface area contributed by atoms with E-state index in [1.807, 2.05) is 39.0 Å². The number of aryl methyl sites for hydroxylation is 1. The lowest BCUT2D eigenvalue weighted by Gasteiger charge is -2.26. The summed E-state index contributed by atoms with van der Waals surface area (Å²) >= 11 is 0. The van der Waals surface area contributed by atoms with E-state index in [0.717, 1.165) is 29.7 Å². The van der Waals surface area contributed by atoms with Gasteiger partial charge in [0.2, 0.25) is 0 Å². The molecule has 2 rings (SSSR count). The van der Waals surface area contributed by atoms with Crippen LogP contribution in [0.2, 0.25) is 0 Å². The van der Waals surface area contributed by atoms with Crippen LogP contribution in [-0.2, 0) is 10.2 Å². The van der Waals surface area contributed by atoms with Gasteiger partial charge in [-0.05, 0) is 25.8 Å².